The molecule has 0 amide bonds. The molecular weight excluding hydrogens is 142 g/mol. The maximum atomic E-state index is 8.39. The van der Waals surface area contributed by atoms with Crippen LogP contribution in [-0.4, -0.2) is 16.7 Å². The second-order valence-electron chi connectivity index (χ2n) is 1.53. The van der Waals surface area contributed by atoms with E-state index in [1.54, 1.807) is 0 Å². The third-order valence-corrected chi connectivity index (χ3v) is 1.03. The fraction of sp³-hybridized carbons (Fsp3) is 0.400. The van der Waals surface area contributed by atoms with Crippen LogP contribution in [0.25, 0.3) is 0 Å². The Morgan fingerprint density at radius 3 is 3.00 bits per heavy atom. The van der Waals surface area contributed by atoms with Crippen LogP contribution in [0.3, 0.4) is 0 Å². The van der Waals surface area contributed by atoms with Gasteiger partial charge in [-0.25, -0.2) is 4.98 Å². The molecule has 0 aliphatic heterocycles. The molecule has 1 aromatic heterocycles. The van der Waals surface area contributed by atoms with E-state index in [2.05, 4.69) is 4.98 Å². The van der Waals surface area contributed by atoms with Gasteiger partial charge in [0.15, 0.2) is 5.89 Å². The molecule has 3 nitrogen and oxygen atoms in total. The zero-order valence-corrected chi connectivity index (χ0v) is 5.43. The molecular formula is C5H6ClNO2. The minimum atomic E-state index is 0.0385. The Hall–Kier alpha value is -0.540. The first-order valence-electron chi connectivity index (χ1n) is 2.54. The van der Waals surface area contributed by atoms with Crippen LogP contribution >= 0.6 is 11.6 Å². The summed E-state index contributed by atoms with van der Waals surface area (Å²) in [6, 6.07) is 0. The SMILES string of the molecule is OCCc1ncc(Cl)o1. The molecule has 9 heavy (non-hydrogen) atoms. The second kappa shape index (κ2) is 2.85. The molecule has 50 valence electrons. The summed E-state index contributed by atoms with van der Waals surface area (Å²) in [4.78, 5) is 3.75. The van der Waals surface area contributed by atoms with Crippen LogP contribution in [0.4, 0.5) is 0 Å². The van der Waals surface area contributed by atoms with Crippen LogP contribution in [0, 0.1) is 0 Å². The summed E-state index contributed by atoms with van der Waals surface area (Å²) in [7, 11) is 0. The van der Waals surface area contributed by atoms with Gasteiger partial charge in [-0.1, -0.05) is 0 Å². The van der Waals surface area contributed by atoms with E-state index in [1.165, 1.54) is 6.20 Å². The monoisotopic (exact) mass is 147 g/mol. The molecule has 0 spiro atoms. The number of oxazole rings is 1. The highest BCUT2D eigenvalue weighted by molar-refractivity contribution is 6.28. The van der Waals surface area contributed by atoms with E-state index in [4.69, 9.17) is 21.1 Å². The van der Waals surface area contributed by atoms with Gasteiger partial charge in [0.2, 0.25) is 5.22 Å². The Morgan fingerprint density at radius 2 is 2.56 bits per heavy atom. The lowest BCUT2D eigenvalue weighted by Gasteiger charge is -1.84. The molecule has 0 aromatic carbocycles. The quantitative estimate of drug-likeness (QED) is 0.675. The fourth-order valence-corrected chi connectivity index (χ4v) is 0.637. The van der Waals surface area contributed by atoms with E-state index in [9.17, 15) is 0 Å². The van der Waals surface area contributed by atoms with Crippen molar-refractivity contribution in [1.29, 1.82) is 0 Å². The normalized spacial score (nSPS) is 10.0. The lowest BCUT2D eigenvalue weighted by molar-refractivity contribution is 0.285. The van der Waals surface area contributed by atoms with E-state index in [1.807, 2.05) is 0 Å². The van der Waals surface area contributed by atoms with Gasteiger partial charge in [0.25, 0.3) is 0 Å². The van der Waals surface area contributed by atoms with Gasteiger partial charge in [-0.15, -0.1) is 0 Å². The van der Waals surface area contributed by atoms with Crippen molar-refractivity contribution in [1.82, 2.24) is 4.98 Å². The molecule has 4 heteroatoms. The highest BCUT2D eigenvalue weighted by Crippen LogP contribution is 2.08. The lowest BCUT2D eigenvalue weighted by Crippen LogP contribution is -1.88. The van der Waals surface area contributed by atoms with Crippen LogP contribution < -0.4 is 0 Å². The summed E-state index contributed by atoms with van der Waals surface area (Å²) >= 11 is 5.39. The molecule has 0 unspecified atom stereocenters. The van der Waals surface area contributed by atoms with Crippen LogP contribution in [0.5, 0.6) is 0 Å². The lowest BCUT2D eigenvalue weighted by atomic mass is 10.5. The number of rotatable bonds is 2. The summed E-state index contributed by atoms with van der Waals surface area (Å²) in [5.74, 6) is 0.475. The Kier molecular flexibility index (Phi) is 2.08. The number of halogens is 1. The van der Waals surface area contributed by atoms with Crippen molar-refractivity contribution in [2.75, 3.05) is 6.61 Å². The first-order chi connectivity index (χ1) is 4.33. The molecule has 1 rings (SSSR count). The first-order valence-corrected chi connectivity index (χ1v) is 2.92. The number of aromatic nitrogens is 1. The Labute approximate surface area is 57.3 Å². The Bertz CT molecular complexity index is 187. The van der Waals surface area contributed by atoms with Crippen LogP contribution in [0.15, 0.2) is 10.6 Å². The van der Waals surface area contributed by atoms with E-state index < -0.39 is 0 Å². The number of aliphatic hydroxyl groups excluding tert-OH is 1. The predicted octanol–water partition coefficient (Wildman–Crippen LogP) is 0.863. The summed E-state index contributed by atoms with van der Waals surface area (Å²) in [6.07, 6.45) is 1.83. The van der Waals surface area contributed by atoms with Crippen molar-refractivity contribution in [2.45, 2.75) is 6.42 Å². The maximum absolute atomic E-state index is 8.39. The highest BCUT2D eigenvalue weighted by atomic mass is 35.5. The van der Waals surface area contributed by atoms with Crippen LogP contribution in [0.1, 0.15) is 5.89 Å². The molecule has 0 bridgehead atoms. The van der Waals surface area contributed by atoms with Crippen LogP contribution in [0.2, 0.25) is 5.22 Å². The molecule has 1 aromatic rings. The first kappa shape index (κ1) is 6.58. The largest absolute Gasteiger partial charge is 0.429 e. The summed E-state index contributed by atoms with van der Waals surface area (Å²) in [5.41, 5.74) is 0. The topological polar surface area (TPSA) is 46.3 Å². The third-order valence-electron chi connectivity index (χ3n) is 0.851. The summed E-state index contributed by atoms with van der Waals surface area (Å²) in [6.45, 7) is 0.0385. The van der Waals surface area contributed by atoms with E-state index in [0.717, 1.165) is 0 Å². The fourth-order valence-electron chi connectivity index (χ4n) is 0.499. The molecule has 0 fully saturated rings. The number of hydrogen-bond acceptors (Lipinski definition) is 3. The van der Waals surface area contributed by atoms with E-state index in [0.29, 0.717) is 12.3 Å². The van der Waals surface area contributed by atoms with Crippen molar-refractivity contribution < 1.29 is 9.52 Å². The number of nitrogens with zero attached hydrogens (tertiary/aromatic N) is 1. The molecule has 0 aliphatic carbocycles. The molecule has 0 radical (unpaired) electrons. The van der Waals surface area contributed by atoms with Crippen molar-refractivity contribution >= 4 is 11.6 Å². The molecule has 0 aliphatic rings. The molecule has 0 saturated heterocycles. The zero-order valence-electron chi connectivity index (χ0n) is 4.67. The van der Waals surface area contributed by atoms with E-state index in [-0.39, 0.29) is 11.8 Å². The molecule has 0 saturated carbocycles. The third kappa shape index (κ3) is 1.69. The molecule has 1 heterocycles. The Balaban J connectivity index is 2.61. The number of aliphatic hydroxyl groups is 1. The van der Waals surface area contributed by atoms with Crippen molar-refractivity contribution in [3.8, 4) is 0 Å². The summed E-state index contributed by atoms with van der Waals surface area (Å²) < 4.78 is 4.82. The van der Waals surface area contributed by atoms with E-state index >= 15 is 0 Å². The van der Waals surface area contributed by atoms with Gasteiger partial charge in [0.05, 0.1) is 12.8 Å². The standard InChI is InChI=1S/C5H6ClNO2/c6-4-3-7-5(9-4)1-2-8/h3,8H,1-2H2. The average Bonchev–Trinajstić information content (AvgIpc) is 2.17. The smallest absolute Gasteiger partial charge is 0.213 e. The maximum Gasteiger partial charge on any atom is 0.213 e. The number of hydrogen-bond donors (Lipinski definition) is 1. The summed E-state index contributed by atoms with van der Waals surface area (Å²) in [5, 5.41) is 8.65. The van der Waals surface area contributed by atoms with Gasteiger partial charge in [0.1, 0.15) is 0 Å². The molecule has 0 atom stereocenters. The van der Waals surface area contributed by atoms with Crippen molar-refractivity contribution in [3.05, 3.63) is 17.3 Å². The van der Waals surface area contributed by atoms with Gasteiger partial charge >= 0.3 is 0 Å². The predicted molar refractivity (Wildman–Crippen MR) is 32.3 cm³/mol. The molecule has 1 N–H and O–H groups in total. The van der Waals surface area contributed by atoms with Gasteiger partial charge in [0, 0.05) is 6.42 Å². The average molecular weight is 148 g/mol. The second-order valence-corrected chi connectivity index (χ2v) is 1.90. The van der Waals surface area contributed by atoms with Gasteiger partial charge in [-0.2, -0.15) is 0 Å². The van der Waals surface area contributed by atoms with Gasteiger partial charge < -0.3 is 9.52 Å². The Morgan fingerprint density at radius 1 is 1.78 bits per heavy atom. The van der Waals surface area contributed by atoms with Crippen LogP contribution in [-0.2, 0) is 6.42 Å². The van der Waals surface area contributed by atoms with Gasteiger partial charge in [-0.05, 0) is 11.6 Å². The van der Waals surface area contributed by atoms with Gasteiger partial charge in [-0.3, -0.25) is 0 Å². The highest BCUT2D eigenvalue weighted by Gasteiger charge is 1.98. The van der Waals surface area contributed by atoms with Crippen molar-refractivity contribution in [2.24, 2.45) is 0 Å². The minimum absolute atomic E-state index is 0.0385. The van der Waals surface area contributed by atoms with Crippen molar-refractivity contribution in [3.63, 3.8) is 0 Å². The zero-order chi connectivity index (χ0) is 6.69. The minimum Gasteiger partial charge on any atom is -0.429 e.